The Balaban J connectivity index is 2.27. The summed E-state index contributed by atoms with van der Waals surface area (Å²) < 4.78 is 11.3. The van der Waals surface area contributed by atoms with Crippen LogP contribution in [0, 0.1) is 0 Å². The summed E-state index contributed by atoms with van der Waals surface area (Å²) in [5, 5.41) is 0. The van der Waals surface area contributed by atoms with Crippen molar-refractivity contribution >= 4 is 5.90 Å². The average Bonchev–Trinajstić information content (AvgIpc) is 2.30. The normalized spacial score (nSPS) is 18.4. The Labute approximate surface area is 96.1 Å². The van der Waals surface area contributed by atoms with E-state index in [1.54, 1.807) is 0 Å². The standard InChI is InChI=1S/C13H17NO2/c1-2-9-16-13-11-6-3-4-7-12(11)15-10-5-8-14-13/h3-4,6-7H,2,5,8-10H2,1H3/b14-13+. The van der Waals surface area contributed by atoms with Crippen molar-refractivity contribution in [3.8, 4) is 5.75 Å². The maximum Gasteiger partial charge on any atom is 0.219 e. The molecule has 1 aromatic carbocycles. The van der Waals surface area contributed by atoms with Gasteiger partial charge in [-0.25, -0.2) is 0 Å². The zero-order valence-corrected chi connectivity index (χ0v) is 9.61. The molecule has 1 aliphatic rings. The lowest BCUT2D eigenvalue weighted by molar-refractivity contribution is 0.285. The monoisotopic (exact) mass is 219 g/mol. The van der Waals surface area contributed by atoms with Gasteiger partial charge in [-0.05, 0) is 18.6 Å². The fraction of sp³-hybridized carbons (Fsp3) is 0.462. The van der Waals surface area contributed by atoms with Gasteiger partial charge in [0.05, 0.1) is 18.8 Å². The molecule has 0 saturated heterocycles. The summed E-state index contributed by atoms with van der Waals surface area (Å²) in [6.07, 6.45) is 1.93. The van der Waals surface area contributed by atoms with Gasteiger partial charge in [-0.1, -0.05) is 19.1 Å². The van der Waals surface area contributed by atoms with Crippen molar-refractivity contribution in [2.45, 2.75) is 19.8 Å². The van der Waals surface area contributed by atoms with Crippen LogP contribution in [0.15, 0.2) is 29.3 Å². The highest BCUT2D eigenvalue weighted by Gasteiger charge is 2.13. The van der Waals surface area contributed by atoms with E-state index >= 15 is 0 Å². The molecule has 2 rings (SSSR count). The summed E-state index contributed by atoms with van der Waals surface area (Å²) in [7, 11) is 0. The summed E-state index contributed by atoms with van der Waals surface area (Å²) >= 11 is 0. The van der Waals surface area contributed by atoms with E-state index in [-0.39, 0.29) is 0 Å². The third-order valence-corrected chi connectivity index (χ3v) is 2.38. The van der Waals surface area contributed by atoms with Gasteiger partial charge in [0.2, 0.25) is 5.90 Å². The zero-order valence-electron chi connectivity index (χ0n) is 9.61. The Morgan fingerprint density at radius 1 is 1.38 bits per heavy atom. The van der Waals surface area contributed by atoms with Crippen molar-refractivity contribution < 1.29 is 9.47 Å². The molecule has 0 aromatic heterocycles. The molecule has 0 bridgehead atoms. The average molecular weight is 219 g/mol. The molecular weight excluding hydrogens is 202 g/mol. The molecule has 0 N–H and O–H groups in total. The fourth-order valence-electron chi connectivity index (χ4n) is 1.60. The first-order valence-corrected chi connectivity index (χ1v) is 5.81. The molecule has 86 valence electrons. The molecule has 16 heavy (non-hydrogen) atoms. The zero-order chi connectivity index (χ0) is 11.2. The third kappa shape index (κ3) is 2.54. The summed E-state index contributed by atoms with van der Waals surface area (Å²) in [4.78, 5) is 4.48. The highest BCUT2D eigenvalue weighted by atomic mass is 16.5. The van der Waals surface area contributed by atoms with Crippen LogP contribution in [-0.2, 0) is 4.74 Å². The summed E-state index contributed by atoms with van der Waals surface area (Å²) in [5.74, 6) is 1.59. The SMILES string of the molecule is CCCO/C1=N/CCCOc2ccccc21. The van der Waals surface area contributed by atoms with Gasteiger partial charge in [0.25, 0.3) is 0 Å². The van der Waals surface area contributed by atoms with E-state index in [9.17, 15) is 0 Å². The molecule has 0 amide bonds. The van der Waals surface area contributed by atoms with Crippen molar-refractivity contribution in [2.24, 2.45) is 4.99 Å². The summed E-state index contributed by atoms with van der Waals surface area (Å²) in [5.41, 5.74) is 0.968. The predicted molar refractivity (Wildman–Crippen MR) is 64.2 cm³/mol. The Morgan fingerprint density at radius 3 is 3.12 bits per heavy atom. The molecule has 0 fully saturated rings. The lowest BCUT2D eigenvalue weighted by Crippen LogP contribution is -2.14. The molecular formula is C13H17NO2. The minimum Gasteiger partial charge on any atom is -0.493 e. The Morgan fingerprint density at radius 2 is 2.25 bits per heavy atom. The van der Waals surface area contributed by atoms with Crippen LogP contribution >= 0.6 is 0 Å². The number of benzene rings is 1. The lowest BCUT2D eigenvalue weighted by atomic mass is 10.2. The van der Waals surface area contributed by atoms with Crippen molar-refractivity contribution in [1.82, 2.24) is 0 Å². The van der Waals surface area contributed by atoms with Gasteiger partial charge < -0.3 is 9.47 Å². The maximum atomic E-state index is 5.68. The number of nitrogens with zero attached hydrogens (tertiary/aromatic N) is 1. The van der Waals surface area contributed by atoms with Crippen molar-refractivity contribution in [3.05, 3.63) is 29.8 Å². The third-order valence-electron chi connectivity index (χ3n) is 2.38. The highest BCUT2D eigenvalue weighted by molar-refractivity contribution is 5.96. The minimum atomic E-state index is 0.702. The van der Waals surface area contributed by atoms with Crippen LogP contribution in [-0.4, -0.2) is 25.7 Å². The summed E-state index contributed by atoms with van der Waals surface area (Å²) in [6, 6.07) is 7.91. The van der Waals surface area contributed by atoms with Crippen LogP contribution < -0.4 is 4.74 Å². The van der Waals surface area contributed by atoms with Crippen LogP contribution in [0.1, 0.15) is 25.3 Å². The smallest absolute Gasteiger partial charge is 0.219 e. The molecule has 3 heteroatoms. The van der Waals surface area contributed by atoms with E-state index in [0.29, 0.717) is 6.61 Å². The van der Waals surface area contributed by atoms with Gasteiger partial charge in [0.15, 0.2) is 0 Å². The quantitative estimate of drug-likeness (QED) is 0.765. The van der Waals surface area contributed by atoms with Gasteiger partial charge in [0.1, 0.15) is 5.75 Å². The molecule has 0 radical (unpaired) electrons. The molecule has 1 aliphatic heterocycles. The second-order valence-electron chi connectivity index (χ2n) is 3.73. The Hall–Kier alpha value is -1.51. The minimum absolute atomic E-state index is 0.702. The topological polar surface area (TPSA) is 30.8 Å². The van der Waals surface area contributed by atoms with Crippen LogP contribution in [0.5, 0.6) is 5.75 Å². The largest absolute Gasteiger partial charge is 0.493 e. The number of aliphatic imine (C=N–C) groups is 1. The van der Waals surface area contributed by atoms with Crippen molar-refractivity contribution in [3.63, 3.8) is 0 Å². The van der Waals surface area contributed by atoms with E-state index in [1.165, 1.54) is 0 Å². The van der Waals surface area contributed by atoms with E-state index in [4.69, 9.17) is 9.47 Å². The van der Waals surface area contributed by atoms with Crippen LogP contribution in [0.4, 0.5) is 0 Å². The molecule has 0 spiro atoms. The van der Waals surface area contributed by atoms with E-state index < -0.39 is 0 Å². The number of para-hydroxylation sites is 1. The van der Waals surface area contributed by atoms with Gasteiger partial charge >= 0.3 is 0 Å². The van der Waals surface area contributed by atoms with Crippen molar-refractivity contribution in [1.29, 1.82) is 0 Å². The number of ether oxygens (including phenoxy) is 2. The van der Waals surface area contributed by atoms with E-state index in [1.807, 2.05) is 24.3 Å². The molecule has 0 unspecified atom stereocenters. The second kappa shape index (κ2) is 5.54. The van der Waals surface area contributed by atoms with Crippen LogP contribution in [0.2, 0.25) is 0 Å². The van der Waals surface area contributed by atoms with Gasteiger partial charge in [-0.2, -0.15) is 0 Å². The van der Waals surface area contributed by atoms with E-state index in [2.05, 4.69) is 11.9 Å². The number of hydrogen-bond donors (Lipinski definition) is 0. The fourth-order valence-corrected chi connectivity index (χ4v) is 1.60. The molecule has 0 aliphatic carbocycles. The van der Waals surface area contributed by atoms with Crippen LogP contribution in [0.25, 0.3) is 0 Å². The van der Waals surface area contributed by atoms with E-state index in [0.717, 1.165) is 43.2 Å². The highest BCUT2D eigenvalue weighted by Crippen LogP contribution is 2.21. The maximum absolute atomic E-state index is 5.68. The van der Waals surface area contributed by atoms with Crippen LogP contribution in [0.3, 0.4) is 0 Å². The Kier molecular flexibility index (Phi) is 3.81. The second-order valence-corrected chi connectivity index (χ2v) is 3.73. The number of rotatable bonds is 2. The molecule has 1 aromatic rings. The number of hydrogen-bond acceptors (Lipinski definition) is 3. The Bertz CT molecular complexity index is 374. The van der Waals surface area contributed by atoms with Gasteiger partial charge in [0, 0.05) is 13.0 Å². The first kappa shape index (κ1) is 11.0. The molecule has 3 nitrogen and oxygen atoms in total. The molecule has 0 saturated carbocycles. The molecule has 0 atom stereocenters. The predicted octanol–water partition coefficient (Wildman–Crippen LogP) is 2.64. The van der Waals surface area contributed by atoms with Crippen molar-refractivity contribution in [2.75, 3.05) is 19.8 Å². The lowest BCUT2D eigenvalue weighted by Gasteiger charge is -2.16. The summed E-state index contributed by atoms with van der Waals surface area (Å²) in [6.45, 7) is 4.29. The molecule has 1 heterocycles. The first-order chi connectivity index (χ1) is 7.92. The first-order valence-electron chi connectivity index (χ1n) is 5.81. The van der Waals surface area contributed by atoms with Gasteiger partial charge in [-0.15, -0.1) is 0 Å². The number of fused-ring (bicyclic) bond motifs is 1. The van der Waals surface area contributed by atoms with Gasteiger partial charge in [-0.3, -0.25) is 4.99 Å².